The van der Waals surface area contributed by atoms with E-state index >= 15 is 0 Å². The van der Waals surface area contributed by atoms with Crippen LogP contribution in [0.1, 0.15) is 28.3 Å². The molecule has 0 atom stereocenters. The number of benzene rings is 1. The van der Waals surface area contributed by atoms with Crippen LogP contribution in [0.25, 0.3) is 0 Å². The van der Waals surface area contributed by atoms with E-state index in [2.05, 4.69) is 20.6 Å². The van der Waals surface area contributed by atoms with Gasteiger partial charge < -0.3 is 5.32 Å². The maximum absolute atomic E-state index is 12.5. The first-order valence-electron chi connectivity index (χ1n) is 8.33. The minimum atomic E-state index is -0.300. The Kier molecular flexibility index (Phi) is 5.57. The van der Waals surface area contributed by atoms with E-state index in [1.165, 1.54) is 16.0 Å². The monoisotopic (exact) mass is 372 g/mol. The number of amides is 1. The maximum Gasteiger partial charge on any atom is 0.346 e. The van der Waals surface area contributed by atoms with Crippen molar-refractivity contribution in [2.75, 3.05) is 0 Å². The molecule has 2 aromatic heterocycles. The summed E-state index contributed by atoms with van der Waals surface area (Å²) in [6.07, 6.45) is 0.819. The lowest BCUT2D eigenvalue weighted by atomic mass is 10.2. The highest BCUT2D eigenvalue weighted by molar-refractivity contribution is 7.11. The molecule has 0 aliphatic rings. The van der Waals surface area contributed by atoms with E-state index in [4.69, 9.17) is 0 Å². The summed E-state index contributed by atoms with van der Waals surface area (Å²) < 4.78 is 2.74. The number of rotatable bonds is 7. The number of nitrogens with one attached hydrogen (secondary N) is 1. The lowest BCUT2D eigenvalue weighted by Crippen LogP contribution is -2.33. The van der Waals surface area contributed by atoms with Crippen LogP contribution in [0, 0.1) is 6.92 Å². The Morgan fingerprint density at radius 3 is 2.62 bits per heavy atom. The van der Waals surface area contributed by atoms with E-state index in [9.17, 15) is 9.59 Å². The molecule has 0 fully saturated rings. The Hall–Kier alpha value is -2.81. The second-order valence-corrected chi connectivity index (χ2v) is 6.93. The van der Waals surface area contributed by atoms with Gasteiger partial charge in [0.1, 0.15) is 22.4 Å². The highest BCUT2D eigenvalue weighted by Crippen LogP contribution is 2.09. The molecule has 0 spiro atoms. The van der Waals surface area contributed by atoms with Gasteiger partial charge in [0, 0.05) is 0 Å². The molecule has 8 nitrogen and oxygen atoms in total. The predicted molar refractivity (Wildman–Crippen MR) is 97.9 cm³/mol. The first-order valence-corrected chi connectivity index (χ1v) is 9.14. The zero-order valence-corrected chi connectivity index (χ0v) is 15.5. The number of carbonyl (C=O) groups is 1. The number of hydrogen-bond donors (Lipinski definition) is 1. The quantitative estimate of drug-likeness (QED) is 0.671. The van der Waals surface area contributed by atoms with E-state index in [0.717, 1.165) is 22.0 Å². The highest BCUT2D eigenvalue weighted by atomic mass is 32.1. The van der Waals surface area contributed by atoms with Crippen molar-refractivity contribution in [3.63, 3.8) is 0 Å². The minimum absolute atomic E-state index is 0.124. The van der Waals surface area contributed by atoms with Crippen LogP contribution in [0.15, 0.2) is 35.1 Å². The second kappa shape index (κ2) is 8.05. The molecule has 3 rings (SSSR count). The molecule has 0 saturated heterocycles. The number of nitrogens with zero attached hydrogens (tertiary/aromatic N) is 5. The Labute approximate surface area is 154 Å². The molecule has 0 unspecified atom stereocenters. The fourth-order valence-corrected chi connectivity index (χ4v) is 3.19. The molecule has 1 N–H and O–H groups in total. The van der Waals surface area contributed by atoms with E-state index in [-0.39, 0.29) is 18.1 Å². The molecular weight excluding hydrogens is 352 g/mol. The van der Waals surface area contributed by atoms with Gasteiger partial charge in [0.05, 0.1) is 13.1 Å². The smallest absolute Gasteiger partial charge is 0.346 e. The van der Waals surface area contributed by atoms with Crippen LogP contribution in [-0.4, -0.2) is 30.5 Å². The molecule has 1 aromatic carbocycles. The third kappa shape index (κ3) is 4.23. The van der Waals surface area contributed by atoms with Crippen molar-refractivity contribution in [2.24, 2.45) is 0 Å². The van der Waals surface area contributed by atoms with Gasteiger partial charge in [-0.3, -0.25) is 9.36 Å². The minimum Gasteiger partial charge on any atom is -0.348 e. The van der Waals surface area contributed by atoms with Crippen LogP contribution >= 0.6 is 11.3 Å². The van der Waals surface area contributed by atoms with Crippen LogP contribution < -0.4 is 11.0 Å². The lowest BCUT2D eigenvalue weighted by molar-refractivity contribution is -0.122. The number of aromatic nitrogens is 5. The van der Waals surface area contributed by atoms with Gasteiger partial charge in [0.25, 0.3) is 0 Å². The highest BCUT2D eigenvalue weighted by Gasteiger charge is 2.13. The van der Waals surface area contributed by atoms with Crippen LogP contribution in [0.3, 0.4) is 0 Å². The third-order valence-corrected chi connectivity index (χ3v) is 4.90. The summed E-state index contributed by atoms with van der Waals surface area (Å²) in [6.45, 7) is 4.36. The molecule has 2 heterocycles. The maximum atomic E-state index is 12.5. The average Bonchev–Trinajstić information content (AvgIpc) is 3.21. The van der Waals surface area contributed by atoms with Crippen molar-refractivity contribution in [3.05, 3.63) is 62.2 Å². The molecule has 1 amide bonds. The van der Waals surface area contributed by atoms with E-state index in [0.29, 0.717) is 18.9 Å². The van der Waals surface area contributed by atoms with E-state index in [1.54, 1.807) is 11.5 Å². The zero-order valence-electron chi connectivity index (χ0n) is 14.7. The van der Waals surface area contributed by atoms with Gasteiger partial charge in [-0.2, -0.15) is 5.10 Å². The van der Waals surface area contributed by atoms with Gasteiger partial charge in [-0.1, -0.05) is 48.6 Å². The molecule has 0 aliphatic carbocycles. The predicted octanol–water partition coefficient (Wildman–Crippen LogP) is 1.13. The first kappa shape index (κ1) is 18.0. The first-order chi connectivity index (χ1) is 12.6. The van der Waals surface area contributed by atoms with Crippen molar-refractivity contribution in [2.45, 2.75) is 39.9 Å². The molecule has 0 aliphatic heterocycles. The largest absolute Gasteiger partial charge is 0.348 e. The van der Waals surface area contributed by atoms with Crippen LogP contribution in [-0.2, 0) is 30.8 Å². The summed E-state index contributed by atoms with van der Waals surface area (Å²) in [4.78, 5) is 24.6. The third-order valence-electron chi connectivity index (χ3n) is 3.83. The normalized spacial score (nSPS) is 10.8. The molecule has 0 radical (unpaired) electrons. The molecule has 136 valence electrons. The van der Waals surface area contributed by atoms with Gasteiger partial charge in [0.15, 0.2) is 0 Å². The summed E-state index contributed by atoms with van der Waals surface area (Å²) >= 11 is 1.47. The van der Waals surface area contributed by atoms with Crippen molar-refractivity contribution in [1.82, 2.24) is 29.9 Å². The van der Waals surface area contributed by atoms with E-state index < -0.39 is 0 Å². The molecule has 26 heavy (non-hydrogen) atoms. The van der Waals surface area contributed by atoms with Crippen molar-refractivity contribution in [1.29, 1.82) is 0 Å². The van der Waals surface area contributed by atoms with Crippen molar-refractivity contribution >= 4 is 17.2 Å². The fourth-order valence-electron chi connectivity index (χ4n) is 2.47. The number of carbonyl (C=O) groups excluding carboxylic acids is 1. The second-order valence-electron chi connectivity index (χ2n) is 5.78. The van der Waals surface area contributed by atoms with Gasteiger partial charge in [-0.15, -0.1) is 10.2 Å². The standard InChI is InChI=1S/C17H20N6O2S/c1-3-15-19-20-16(26-15)9-18-14(24)11-23-17(25)22(12(2)21-23)10-13-7-5-4-6-8-13/h4-8H,3,9-11H2,1-2H3,(H,18,24). The van der Waals surface area contributed by atoms with Crippen LogP contribution in [0.2, 0.25) is 0 Å². The molecule has 3 aromatic rings. The van der Waals surface area contributed by atoms with Crippen molar-refractivity contribution in [3.8, 4) is 0 Å². The number of hydrogen-bond acceptors (Lipinski definition) is 6. The zero-order chi connectivity index (χ0) is 18.5. The molecule has 9 heteroatoms. The van der Waals surface area contributed by atoms with Gasteiger partial charge in [-0.25, -0.2) is 9.48 Å². The van der Waals surface area contributed by atoms with Crippen LogP contribution in [0.5, 0.6) is 0 Å². The Morgan fingerprint density at radius 1 is 1.19 bits per heavy atom. The van der Waals surface area contributed by atoms with Gasteiger partial charge in [-0.05, 0) is 18.9 Å². The summed E-state index contributed by atoms with van der Waals surface area (Å²) in [5.41, 5.74) is 0.704. The average molecular weight is 372 g/mol. The summed E-state index contributed by atoms with van der Waals surface area (Å²) in [5, 5.41) is 16.7. The Morgan fingerprint density at radius 2 is 1.92 bits per heavy atom. The van der Waals surface area contributed by atoms with Crippen molar-refractivity contribution < 1.29 is 4.79 Å². The summed E-state index contributed by atoms with van der Waals surface area (Å²) in [6, 6.07) is 9.66. The van der Waals surface area contributed by atoms with Gasteiger partial charge in [0.2, 0.25) is 5.91 Å². The molecule has 0 saturated carbocycles. The van der Waals surface area contributed by atoms with Gasteiger partial charge >= 0.3 is 5.69 Å². The lowest BCUT2D eigenvalue weighted by Gasteiger charge is -2.03. The topological polar surface area (TPSA) is 94.7 Å². The number of aryl methyl sites for hydroxylation is 2. The Balaban J connectivity index is 1.63. The fraction of sp³-hybridized carbons (Fsp3) is 0.353. The van der Waals surface area contributed by atoms with Crippen LogP contribution in [0.4, 0.5) is 0 Å². The SMILES string of the molecule is CCc1nnc(CNC(=O)Cn2nc(C)n(Cc3ccccc3)c2=O)s1. The summed E-state index contributed by atoms with van der Waals surface area (Å²) in [7, 11) is 0. The van der Waals surface area contributed by atoms with E-state index in [1.807, 2.05) is 37.3 Å². The molecular formula is C17H20N6O2S. The summed E-state index contributed by atoms with van der Waals surface area (Å²) in [5.74, 6) is 0.285. The molecule has 0 bridgehead atoms. The Bertz CT molecular complexity index is 944.